The van der Waals surface area contributed by atoms with E-state index in [2.05, 4.69) is 4.98 Å². The minimum absolute atomic E-state index is 0.131. The van der Waals surface area contributed by atoms with Crippen molar-refractivity contribution in [2.24, 2.45) is 0 Å². The van der Waals surface area contributed by atoms with Gasteiger partial charge in [-0.05, 0) is 183 Å². The highest BCUT2D eigenvalue weighted by Gasteiger charge is 2.26. The normalized spacial score (nSPS) is 12.0. The minimum Gasteiger partial charge on any atom is -0.508 e. The number of rotatable bonds is 23. The van der Waals surface area contributed by atoms with Gasteiger partial charge in [0.1, 0.15) is 65.6 Å². The second kappa shape index (κ2) is 36.9. The first-order chi connectivity index (χ1) is 56.4. The Kier molecular flexibility index (Phi) is 25.5. The van der Waals surface area contributed by atoms with E-state index in [4.69, 9.17) is 120 Å². The summed E-state index contributed by atoms with van der Waals surface area (Å²) in [5, 5.41) is 15.7. The first kappa shape index (κ1) is 80.3. The zero-order chi connectivity index (χ0) is 80.9. The van der Waals surface area contributed by atoms with Crippen LogP contribution in [-0.2, 0) is 58.4 Å². The Morgan fingerprint density at radius 2 is 0.716 bits per heavy atom. The molecule has 0 bridgehead atoms. The molecule has 27 heteroatoms. The summed E-state index contributed by atoms with van der Waals surface area (Å²) >= 11 is 31.9. The number of hydrogen-bond donors (Lipinski definition) is 2. The molecule has 2 N–H and O–H groups in total. The molecule has 3 aliphatic heterocycles. The van der Waals surface area contributed by atoms with Crippen molar-refractivity contribution in [1.29, 1.82) is 0 Å². The third kappa shape index (κ3) is 18.7. The molecule has 0 saturated heterocycles. The van der Waals surface area contributed by atoms with Crippen LogP contribution >= 0.6 is 58.0 Å². The molecule has 17 rings (SSSR count). The van der Waals surface area contributed by atoms with Crippen LogP contribution in [0, 0.1) is 0 Å². The molecule has 22 nitrogen and oxygen atoms in total. The van der Waals surface area contributed by atoms with Crippen molar-refractivity contribution in [2.45, 2.75) is 67.1 Å². The van der Waals surface area contributed by atoms with Gasteiger partial charge >= 0.3 is 23.9 Å². The van der Waals surface area contributed by atoms with Crippen LogP contribution in [0.5, 0.6) is 57.5 Å². The van der Waals surface area contributed by atoms with Gasteiger partial charge in [0.05, 0.1) is 46.1 Å². The number of hydrogen-bond acceptors (Lipinski definition) is 18. The van der Waals surface area contributed by atoms with Crippen LogP contribution in [0.3, 0.4) is 0 Å². The molecule has 0 amide bonds. The van der Waals surface area contributed by atoms with Crippen LogP contribution in [0.4, 0.5) is 0 Å². The second-order valence-corrected chi connectivity index (χ2v) is 28.3. The zero-order valence-electron chi connectivity index (χ0n) is 63.0. The summed E-state index contributed by atoms with van der Waals surface area (Å²) in [5.74, 6) is 4.34. The number of aromatic nitrogens is 4. The van der Waals surface area contributed by atoms with Gasteiger partial charge < -0.3 is 85.4 Å². The second-order valence-electron chi connectivity index (χ2n) is 26.3. The van der Waals surface area contributed by atoms with Gasteiger partial charge in [-0.3, -0.25) is 0 Å². The van der Waals surface area contributed by atoms with Gasteiger partial charge in [-0.2, -0.15) is 0 Å². The molecule has 116 heavy (non-hydrogen) atoms. The number of H-pyrrole nitrogens is 1. The van der Waals surface area contributed by atoms with Crippen molar-refractivity contribution in [3.8, 4) is 57.5 Å². The Hall–Kier alpha value is -12.3. The SMILES string of the molecule is CCOC(=O)c1cc2cc(O)ccc2n1Cc1cc2c(cc1Cl)OCO2.CCOC(=O)c1cc2cc(OCc3c(Cl)cccc3Cl)ccc2n1Cc1cc2c(cc1Cl)OCO2.CCOC(=O)c1cc2cc(OCc3ccccc3)ccc2[nH]1.CCOC(=O)c1cc2cc(OCc3ccccc3)ccc2n1Cc1cc2c(cc1Cl)OCO2. The van der Waals surface area contributed by atoms with Gasteiger partial charge in [0.25, 0.3) is 0 Å². The van der Waals surface area contributed by atoms with Gasteiger partial charge in [-0.15, -0.1) is 0 Å². The number of aromatic amines is 1. The minimum atomic E-state index is -0.431. The van der Waals surface area contributed by atoms with E-state index in [0.29, 0.717) is 133 Å². The summed E-state index contributed by atoms with van der Waals surface area (Å²) < 4.78 is 76.6. The lowest BCUT2D eigenvalue weighted by Crippen LogP contribution is -2.13. The van der Waals surface area contributed by atoms with Crippen LogP contribution in [0.25, 0.3) is 43.6 Å². The third-order valence-corrected chi connectivity index (χ3v) is 20.5. The number of phenolic OH excluding ortho intramolecular Hbond substituents is 1. The molecule has 594 valence electrons. The molecule has 10 aromatic carbocycles. The Labute approximate surface area is 690 Å². The van der Waals surface area contributed by atoms with E-state index >= 15 is 0 Å². The van der Waals surface area contributed by atoms with Gasteiger partial charge in [-0.1, -0.05) is 125 Å². The molecule has 0 saturated carbocycles. The number of carbonyl (C=O) groups excluding carboxylic acids is 4. The van der Waals surface area contributed by atoms with Crippen LogP contribution in [0.2, 0.25) is 25.1 Å². The smallest absolute Gasteiger partial charge is 0.354 e. The average molecular weight is 1670 g/mol. The van der Waals surface area contributed by atoms with Crippen molar-refractivity contribution in [2.75, 3.05) is 46.8 Å². The lowest BCUT2D eigenvalue weighted by molar-refractivity contribution is 0.0505. The quantitative estimate of drug-likeness (QED) is 0.0447. The van der Waals surface area contributed by atoms with E-state index in [1.807, 2.05) is 153 Å². The van der Waals surface area contributed by atoms with E-state index in [-0.39, 0.29) is 58.5 Å². The van der Waals surface area contributed by atoms with Gasteiger partial charge in [0, 0.05) is 92.5 Å². The fraction of sp³-hybridized carbons (Fsp3) is 0.191. The van der Waals surface area contributed by atoms with E-state index in [1.54, 1.807) is 100 Å². The number of nitrogens with zero attached hydrogens (tertiary/aromatic N) is 3. The highest BCUT2D eigenvalue weighted by atomic mass is 35.5. The summed E-state index contributed by atoms with van der Waals surface area (Å²) in [6, 6.07) is 65.0. The molecule has 3 aliphatic rings. The van der Waals surface area contributed by atoms with E-state index in [0.717, 1.165) is 82.9 Å². The van der Waals surface area contributed by atoms with Crippen LogP contribution in [0.1, 0.15) is 103 Å². The zero-order valence-corrected chi connectivity index (χ0v) is 66.8. The van der Waals surface area contributed by atoms with E-state index in [1.165, 1.54) is 0 Å². The Bertz CT molecular complexity index is 5940. The summed E-state index contributed by atoms with van der Waals surface area (Å²) in [6.45, 7) is 11.0. The predicted octanol–water partition coefficient (Wildman–Crippen LogP) is 20.8. The highest BCUT2D eigenvalue weighted by molar-refractivity contribution is 6.36. The fourth-order valence-corrected chi connectivity index (χ4v) is 14.3. The van der Waals surface area contributed by atoms with Crippen molar-refractivity contribution in [3.05, 3.63) is 294 Å². The summed E-state index contributed by atoms with van der Waals surface area (Å²) in [5.41, 5.74) is 10.4. The number of aromatic hydroxyl groups is 1. The van der Waals surface area contributed by atoms with Crippen molar-refractivity contribution in [3.63, 3.8) is 0 Å². The van der Waals surface area contributed by atoms with Crippen molar-refractivity contribution < 1.29 is 85.9 Å². The first-order valence-corrected chi connectivity index (χ1v) is 38.8. The molecule has 14 aromatic rings. The highest BCUT2D eigenvalue weighted by Crippen LogP contribution is 2.42. The molecule has 0 spiro atoms. The van der Waals surface area contributed by atoms with Gasteiger partial charge in [-0.25, -0.2) is 19.2 Å². The lowest BCUT2D eigenvalue weighted by Gasteiger charge is -2.13. The standard InChI is InChI=1S/C26H20Cl3NO5.C26H22ClNO5.C19H16ClNO5.C18H17NO3/c1-2-32-26(31)23-9-15-8-17(33-13-18-19(27)4-3-5-20(18)28)6-7-22(15)30(23)12-16-10-24-25(11-21(16)29)35-14-34-24;1-2-30-26(29)23-11-18-10-20(31-15-17-6-4-3-5-7-17)8-9-22(18)28(23)14-19-12-24-25(13-21(19)27)33-16-32-24;1-2-24-19(23)16-6-11-5-13(22)3-4-15(11)21(16)9-12-7-17-18(8-14(12)20)26-10-25-17;1-2-21-18(20)17-11-14-10-15(8-9-16(14)19-17)22-12-13-6-4-3-5-7-13/h3-11H,2,12-14H2,1H3;3-13H,2,14-16H2,1H3;3-8,22H,2,9-10H2,1H3;3-11,19H,2,12H2,1H3. The molecule has 0 aliphatic carbocycles. The largest absolute Gasteiger partial charge is 0.508 e. The number of nitrogens with one attached hydrogen (secondary N) is 1. The molecular formula is C89H75Cl5N4O18. The number of ether oxygens (including phenoxy) is 13. The van der Waals surface area contributed by atoms with Crippen molar-refractivity contribution >= 4 is 125 Å². The number of phenols is 1. The first-order valence-electron chi connectivity index (χ1n) is 36.9. The maximum absolute atomic E-state index is 12.8. The monoisotopic (exact) mass is 1660 g/mol. The Morgan fingerprint density at radius 3 is 1.12 bits per heavy atom. The molecular weight excluding hydrogens is 1590 g/mol. The Balaban J connectivity index is 0.000000129. The topological polar surface area (TPSA) is 239 Å². The van der Waals surface area contributed by atoms with Crippen LogP contribution < -0.4 is 42.6 Å². The predicted molar refractivity (Wildman–Crippen MR) is 442 cm³/mol. The maximum atomic E-state index is 12.8. The molecule has 0 fully saturated rings. The molecule has 0 atom stereocenters. The summed E-state index contributed by atoms with van der Waals surface area (Å²) in [7, 11) is 0. The fourth-order valence-electron chi connectivity index (χ4n) is 13.1. The van der Waals surface area contributed by atoms with Gasteiger partial charge in [0.15, 0.2) is 34.5 Å². The summed E-state index contributed by atoms with van der Waals surface area (Å²) in [4.78, 5) is 52.7. The molecule has 0 radical (unpaired) electrons. The number of benzene rings is 10. The number of halogens is 5. The van der Waals surface area contributed by atoms with Gasteiger partial charge in [0.2, 0.25) is 20.4 Å². The number of carbonyl (C=O) groups is 4. The molecule has 0 unspecified atom stereocenters. The Morgan fingerprint density at radius 1 is 0.362 bits per heavy atom. The van der Waals surface area contributed by atoms with E-state index < -0.39 is 17.9 Å². The molecule has 4 aromatic heterocycles. The lowest BCUT2D eigenvalue weighted by atomic mass is 10.2. The van der Waals surface area contributed by atoms with Crippen LogP contribution in [-0.4, -0.2) is 94.5 Å². The van der Waals surface area contributed by atoms with E-state index in [9.17, 15) is 24.3 Å². The average Bonchev–Trinajstić information content (AvgIpc) is 1.63. The maximum Gasteiger partial charge on any atom is 0.354 e. The number of fused-ring (bicyclic) bond motifs is 7. The van der Waals surface area contributed by atoms with Crippen molar-refractivity contribution in [1.82, 2.24) is 18.7 Å². The molecule has 7 heterocycles. The van der Waals surface area contributed by atoms with Crippen LogP contribution in [0.15, 0.2) is 212 Å². The number of esters is 4. The summed E-state index contributed by atoms with van der Waals surface area (Å²) in [6.07, 6.45) is 0. The third-order valence-electron chi connectivity index (χ3n) is 18.7.